The summed E-state index contributed by atoms with van der Waals surface area (Å²) >= 11 is 0. The van der Waals surface area contributed by atoms with E-state index in [1.165, 1.54) is 0 Å². The van der Waals surface area contributed by atoms with E-state index in [2.05, 4.69) is 18.7 Å². The van der Waals surface area contributed by atoms with Gasteiger partial charge in [0.05, 0.1) is 6.61 Å². The third-order valence-corrected chi connectivity index (χ3v) is 4.00. The van der Waals surface area contributed by atoms with Crippen LogP contribution in [0.5, 0.6) is 0 Å². The SMILES string of the molecule is CCN(CC)CC1CCN(C(=O)C(N)COC)CC1.Cl.Cl. The molecule has 1 aliphatic heterocycles. The molecule has 0 radical (unpaired) electrons. The number of methoxy groups -OCH3 is 1. The van der Waals surface area contributed by atoms with E-state index < -0.39 is 6.04 Å². The lowest BCUT2D eigenvalue weighted by molar-refractivity contribution is -0.135. The molecule has 1 rings (SSSR count). The van der Waals surface area contributed by atoms with Crippen molar-refractivity contribution in [2.24, 2.45) is 11.7 Å². The summed E-state index contributed by atoms with van der Waals surface area (Å²) in [6.45, 7) is 9.74. The van der Waals surface area contributed by atoms with Crippen molar-refractivity contribution in [1.29, 1.82) is 0 Å². The zero-order chi connectivity index (χ0) is 14.3. The number of likely N-dealkylation sites (tertiary alicyclic amines) is 1. The molecule has 0 aromatic rings. The molecule has 1 heterocycles. The molecule has 0 saturated carbocycles. The van der Waals surface area contributed by atoms with Crippen LogP contribution in [-0.4, -0.2) is 68.2 Å². The number of ether oxygens (including phenoxy) is 1. The first-order chi connectivity index (χ1) is 9.12. The summed E-state index contributed by atoms with van der Waals surface area (Å²) in [5.74, 6) is 0.741. The normalized spacial score (nSPS) is 17.1. The highest BCUT2D eigenvalue weighted by Crippen LogP contribution is 2.18. The maximum atomic E-state index is 12.0. The highest BCUT2D eigenvalue weighted by molar-refractivity contribution is 5.85. The molecule has 0 aromatic heterocycles. The average Bonchev–Trinajstić information content (AvgIpc) is 2.45. The Bertz CT molecular complexity index is 271. The van der Waals surface area contributed by atoms with Gasteiger partial charge in [-0.3, -0.25) is 4.79 Å². The van der Waals surface area contributed by atoms with Gasteiger partial charge in [0, 0.05) is 26.7 Å². The monoisotopic (exact) mass is 343 g/mol. The van der Waals surface area contributed by atoms with Gasteiger partial charge in [-0.1, -0.05) is 13.8 Å². The van der Waals surface area contributed by atoms with E-state index in [9.17, 15) is 4.79 Å². The van der Waals surface area contributed by atoms with E-state index in [-0.39, 0.29) is 30.7 Å². The standard InChI is InChI=1S/C14H29N3O2.2ClH/c1-4-16(5-2)10-12-6-8-17(9-7-12)14(18)13(15)11-19-3;;/h12-13H,4-11,15H2,1-3H3;2*1H. The molecule has 0 spiro atoms. The Kier molecular flexibility index (Phi) is 13.8. The van der Waals surface area contributed by atoms with Crippen LogP contribution in [0.3, 0.4) is 0 Å². The first kappa shape index (κ1) is 23.2. The van der Waals surface area contributed by atoms with E-state index in [4.69, 9.17) is 10.5 Å². The third-order valence-electron chi connectivity index (χ3n) is 4.00. The molecule has 0 bridgehead atoms. The molecule has 21 heavy (non-hydrogen) atoms. The van der Waals surface area contributed by atoms with Crippen molar-refractivity contribution in [3.05, 3.63) is 0 Å². The molecular weight excluding hydrogens is 313 g/mol. The Morgan fingerprint density at radius 3 is 2.24 bits per heavy atom. The van der Waals surface area contributed by atoms with E-state index in [0.29, 0.717) is 12.5 Å². The lowest BCUT2D eigenvalue weighted by Crippen LogP contribution is -2.49. The molecule has 7 heteroatoms. The molecule has 1 unspecified atom stereocenters. The Morgan fingerprint density at radius 1 is 1.29 bits per heavy atom. The van der Waals surface area contributed by atoms with Crippen LogP contribution >= 0.6 is 24.8 Å². The molecule has 1 aliphatic rings. The first-order valence-corrected chi connectivity index (χ1v) is 7.38. The summed E-state index contributed by atoms with van der Waals surface area (Å²) in [6.07, 6.45) is 2.17. The summed E-state index contributed by atoms with van der Waals surface area (Å²) in [6, 6.07) is -0.510. The maximum absolute atomic E-state index is 12.0. The highest BCUT2D eigenvalue weighted by atomic mass is 35.5. The van der Waals surface area contributed by atoms with Crippen molar-refractivity contribution in [3.63, 3.8) is 0 Å². The van der Waals surface area contributed by atoms with Gasteiger partial charge in [-0.25, -0.2) is 0 Å². The van der Waals surface area contributed by atoms with Gasteiger partial charge in [0.2, 0.25) is 5.91 Å². The van der Waals surface area contributed by atoms with Crippen LogP contribution in [0.4, 0.5) is 0 Å². The number of nitrogens with zero attached hydrogens (tertiary/aromatic N) is 2. The van der Waals surface area contributed by atoms with Crippen LogP contribution in [0, 0.1) is 5.92 Å². The molecule has 128 valence electrons. The van der Waals surface area contributed by atoms with Gasteiger partial charge in [-0.2, -0.15) is 0 Å². The van der Waals surface area contributed by atoms with Crippen LogP contribution in [-0.2, 0) is 9.53 Å². The topological polar surface area (TPSA) is 58.8 Å². The minimum atomic E-state index is -0.510. The fourth-order valence-electron chi connectivity index (χ4n) is 2.67. The maximum Gasteiger partial charge on any atom is 0.241 e. The zero-order valence-electron chi connectivity index (χ0n) is 13.4. The second kappa shape index (κ2) is 12.5. The Hall–Kier alpha value is -0.0700. The van der Waals surface area contributed by atoms with Gasteiger partial charge in [0.25, 0.3) is 0 Å². The Morgan fingerprint density at radius 2 is 1.81 bits per heavy atom. The number of carbonyl (C=O) groups excluding carboxylic acids is 1. The smallest absolute Gasteiger partial charge is 0.241 e. The second-order valence-electron chi connectivity index (χ2n) is 5.32. The van der Waals surface area contributed by atoms with Gasteiger partial charge in [0.1, 0.15) is 6.04 Å². The molecule has 2 N–H and O–H groups in total. The van der Waals surface area contributed by atoms with Gasteiger partial charge >= 0.3 is 0 Å². The predicted molar refractivity (Wildman–Crippen MR) is 91.4 cm³/mol. The van der Waals surface area contributed by atoms with E-state index in [1.807, 2.05) is 4.90 Å². The summed E-state index contributed by atoms with van der Waals surface area (Å²) < 4.78 is 4.94. The lowest BCUT2D eigenvalue weighted by atomic mass is 9.95. The summed E-state index contributed by atoms with van der Waals surface area (Å²) in [7, 11) is 1.57. The third kappa shape index (κ3) is 7.66. The van der Waals surface area contributed by atoms with Crippen molar-refractivity contribution in [2.45, 2.75) is 32.7 Å². The summed E-state index contributed by atoms with van der Waals surface area (Å²) in [5, 5.41) is 0. The molecule has 1 atom stereocenters. The molecule has 1 saturated heterocycles. The first-order valence-electron chi connectivity index (χ1n) is 7.38. The lowest BCUT2D eigenvalue weighted by Gasteiger charge is -2.35. The highest BCUT2D eigenvalue weighted by Gasteiger charge is 2.26. The van der Waals surface area contributed by atoms with Crippen molar-refractivity contribution < 1.29 is 9.53 Å². The van der Waals surface area contributed by atoms with Crippen LogP contribution in [0.2, 0.25) is 0 Å². The number of carbonyl (C=O) groups is 1. The van der Waals surface area contributed by atoms with Gasteiger partial charge in [-0.15, -0.1) is 24.8 Å². The van der Waals surface area contributed by atoms with Crippen molar-refractivity contribution in [2.75, 3.05) is 46.4 Å². The average molecular weight is 344 g/mol. The number of hydrogen-bond donors (Lipinski definition) is 1. The summed E-state index contributed by atoms with van der Waals surface area (Å²) in [4.78, 5) is 16.4. The van der Waals surface area contributed by atoms with E-state index >= 15 is 0 Å². The van der Waals surface area contributed by atoms with Crippen LogP contribution < -0.4 is 5.73 Å². The van der Waals surface area contributed by atoms with Crippen LogP contribution in [0.1, 0.15) is 26.7 Å². The largest absolute Gasteiger partial charge is 0.383 e. The van der Waals surface area contributed by atoms with Crippen molar-refractivity contribution >= 4 is 30.7 Å². The number of amides is 1. The number of nitrogens with two attached hydrogens (primary N) is 1. The second-order valence-corrected chi connectivity index (χ2v) is 5.32. The van der Waals surface area contributed by atoms with Crippen LogP contribution in [0.15, 0.2) is 0 Å². The molecular formula is C14H31Cl2N3O2. The predicted octanol–water partition coefficient (Wildman–Crippen LogP) is 1.38. The van der Waals surface area contributed by atoms with Crippen molar-refractivity contribution in [3.8, 4) is 0 Å². The summed E-state index contributed by atoms with van der Waals surface area (Å²) in [5.41, 5.74) is 5.79. The van der Waals surface area contributed by atoms with Crippen molar-refractivity contribution in [1.82, 2.24) is 9.80 Å². The Labute approximate surface area is 141 Å². The number of halogens is 2. The molecule has 0 aliphatic carbocycles. The van der Waals surface area contributed by atoms with E-state index in [1.54, 1.807) is 7.11 Å². The van der Waals surface area contributed by atoms with Gasteiger partial charge < -0.3 is 20.3 Å². The van der Waals surface area contributed by atoms with Gasteiger partial charge in [0.15, 0.2) is 0 Å². The van der Waals surface area contributed by atoms with E-state index in [0.717, 1.165) is 45.6 Å². The number of piperidine rings is 1. The van der Waals surface area contributed by atoms with Gasteiger partial charge in [-0.05, 0) is 31.8 Å². The van der Waals surface area contributed by atoms with Crippen LogP contribution in [0.25, 0.3) is 0 Å². The molecule has 0 aromatic carbocycles. The Balaban J connectivity index is 0. The molecule has 5 nitrogen and oxygen atoms in total. The molecule has 1 amide bonds. The fourth-order valence-corrected chi connectivity index (χ4v) is 2.67. The quantitative estimate of drug-likeness (QED) is 0.758. The zero-order valence-corrected chi connectivity index (χ0v) is 15.0. The molecule has 1 fully saturated rings. The number of rotatable bonds is 7. The minimum absolute atomic E-state index is 0. The fraction of sp³-hybridized carbons (Fsp3) is 0.929. The number of hydrogen-bond acceptors (Lipinski definition) is 4. The minimum Gasteiger partial charge on any atom is -0.383 e.